The quantitative estimate of drug-likeness (QED) is 0.252. The first kappa shape index (κ1) is 11.8. The Balaban J connectivity index is 2.81. The van der Waals surface area contributed by atoms with Crippen molar-refractivity contribution in [2.75, 3.05) is 6.61 Å². The molecule has 0 unspecified atom stereocenters. The molecule has 0 radical (unpaired) electrons. The van der Waals surface area contributed by atoms with Crippen LogP contribution in [0.15, 0.2) is 0 Å². The summed E-state index contributed by atoms with van der Waals surface area (Å²) in [7, 11) is 0. The molecule has 1 fully saturated rings. The van der Waals surface area contributed by atoms with Crippen molar-refractivity contribution in [3.05, 3.63) is 0 Å². The molecule has 6 heteroatoms. The lowest BCUT2D eigenvalue weighted by atomic mass is 9.96. The summed E-state index contributed by atoms with van der Waals surface area (Å²) >= 11 is 0. The van der Waals surface area contributed by atoms with E-state index in [2.05, 4.69) is 0 Å². The third-order valence-corrected chi connectivity index (χ3v) is 2.71. The molecule has 0 aromatic rings. The van der Waals surface area contributed by atoms with Gasteiger partial charge >= 0.3 is 0 Å². The zero-order chi connectivity index (χ0) is 10.9. The van der Waals surface area contributed by atoms with E-state index in [4.69, 9.17) is 5.11 Å². The van der Waals surface area contributed by atoms with E-state index < -0.39 is 43.0 Å². The second-order valence-electron chi connectivity index (χ2n) is 3.71. The van der Waals surface area contributed by atoms with Crippen LogP contribution in [-0.4, -0.2) is 67.8 Å². The standard InChI is InChI=1S/C8H16O6/c9-2-3-1-4(10)6(12)8(14)7(13)5(3)11/h3-14H,1-2H2/t3-,4-,5-,6+,7+,8+/m1/s1. The highest BCUT2D eigenvalue weighted by Gasteiger charge is 2.42. The monoisotopic (exact) mass is 208 g/mol. The van der Waals surface area contributed by atoms with Crippen LogP contribution in [0.2, 0.25) is 0 Å². The Morgan fingerprint density at radius 3 is 1.79 bits per heavy atom. The fourth-order valence-corrected chi connectivity index (χ4v) is 1.68. The summed E-state index contributed by atoms with van der Waals surface area (Å²) in [5.74, 6) is -0.744. The number of aliphatic hydroxyl groups is 6. The van der Waals surface area contributed by atoms with Gasteiger partial charge in [-0.2, -0.15) is 0 Å². The average Bonchev–Trinajstić information content (AvgIpc) is 2.25. The lowest BCUT2D eigenvalue weighted by Gasteiger charge is -2.25. The predicted molar refractivity (Wildman–Crippen MR) is 45.2 cm³/mol. The fourth-order valence-electron chi connectivity index (χ4n) is 1.68. The van der Waals surface area contributed by atoms with Gasteiger partial charge in [-0.25, -0.2) is 0 Å². The van der Waals surface area contributed by atoms with E-state index in [0.29, 0.717) is 0 Å². The van der Waals surface area contributed by atoms with Crippen LogP contribution in [0.3, 0.4) is 0 Å². The van der Waals surface area contributed by atoms with Crippen LogP contribution < -0.4 is 0 Å². The molecule has 0 amide bonds. The molecule has 0 aliphatic heterocycles. The minimum absolute atomic E-state index is 0.0625. The highest BCUT2D eigenvalue weighted by molar-refractivity contribution is 4.93. The molecule has 0 saturated heterocycles. The lowest BCUT2D eigenvalue weighted by Crippen LogP contribution is -2.46. The molecule has 0 spiro atoms. The van der Waals surface area contributed by atoms with Crippen molar-refractivity contribution in [2.24, 2.45) is 5.92 Å². The maximum atomic E-state index is 9.43. The first-order valence-corrected chi connectivity index (χ1v) is 4.50. The number of hydrogen-bond donors (Lipinski definition) is 6. The smallest absolute Gasteiger partial charge is 0.111 e. The minimum Gasteiger partial charge on any atom is -0.396 e. The van der Waals surface area contributed by atoms with E-state index in [0.717, 1.165) is 0 Å². The van der Waals surface area contributed by atoms with Crippen molar-refractivity contribution in [1.82, 2.24) is 0 Å². The Morgan fingerprint density at radius 2 is 1.29 bits per heavy atom. The molecule has 84 valence electrons. The molecule has 0 heterocycles. The second kappa shape index (κ2) is 4.52. The highest BCUT2D eigenvalue weighted by Crippen LogP contribution is 2.24. The van der Waals surface area contributed by atoms with E-state index in [1.54, 1.807) is 0 Å². The second-order valence-corrected chi connectivity index (χ2v) is 3.71. The van der Waals surface area contributed by atoms with Gasteiger partial charge < -0.3 is 30.6 Å². The molecule has 0 aromatic heterocycles. The van der Waals surface area contributed by atoms with Crippen molar-refractivity contribution in [1.29, 1.82) is 0 Å². The van der Waals surface area contributed by atoms with Gasteiger partial charge in [0.2, 0.25) is 0 Å². The molecule has 6 nitrogen and oxygen atoms in total. The van der Waals surface area contributed by atoms with Gasteiger partial charge in [-0.05, 0) is 6.42 Å². The summed E-state index contributed by atoms with van der Waals surface area (Å²) in [5.41, 5.74) is 0. The topological polar surface area (TPSA) is 121 Å². The average molecular weight is 208 g/mol. The van der Waals surface area contributed by atoms with Crippen molar-refractivity contribution < 1.29 is 30.6 Å². The van der Waals surface area contributed by atoms with Gasteiger partial charge in [-0.3, -0.25) is 0 Å². The number of aliphatic hydroxyl groups excluding tert-OH is 6. The lowest BCUT2D eigenvalue weighted by molar-refractivity contribution is -0.120. The SMILES string of the molecule is OC[C@H]1C[C@@H](O)[C@H](O)[C@H](O)[C@@H](O)[C@@H]1O. The Hall–Kier alpha value is -0.240. The van der Waals surface area contributed by atoms with Crippen LogP contribution in [0.25, 0.3) is 0 Å². The zero-order valence-corrected chi connectivity index (χ0v) is 7.56. The Labute approximate surface area is 81.1 Å². The Bertz CT molecular complexity index is 182. The molecule has 6 N–H and O–H groups in total. The first-order chi connectivity index (χ1) is 6.49. The Kier molecular flexibility index (Phi) is 3.82. The van der Waals surface area contributed by atoms with Gasteiger partial charge in [0.1, 0.15) is 18.3 Å². The van der Waals surface area contributed by atoms with Crippen LogP contribution in [0.1, 0.15) is 6.42 Å². The maximum absolute atomic E-state index is 9.43. The largest absolute Gasteiger partial charge is 0.396 e. The van der Waals surface area contributed by atoms with E-state index in [1.165, 1.54) is 0 Å². The van der Waals surface area contributed by atoms with Gasteiger partial charge in [0.05, 0.1) is 12.2 Å². The molecular weight excluding hydrogens is 192 g/mol. The third kappa shape index (κ3) is 2.05. The molecule has 1 saturated carbocycles. The molecule has 1 rings (SSSR count). The molecule has 0 aromatic carbocycles. The third-order valence-electron chi connectivity index (χ3n) is 2.71. The summed E-state index contributed by atoms with van der Waals surface area (Å²) in [6.07, 6.45) is -7.32. The van der Waals surface area contributed by atoms with E-state index in [1.807, 2.05) is 0 Å². The van der Waals surface area contributed by atoms with Gasteiger partial charge in [0, 0.05) is 12.5 Å². The summed E-state index contributed by atoms with van der Waals surface area (Å²) in [5, 5.41) is 55.5. The van der Waals surface area contributed by atoms with Gasteiger partial charge in [0.15, 0.2) is 0 Å². The van der Waals surface area contributed by atoms with Crippen LogP contribution in [0.5, 0.6) is 0 Å². The maximum Gasteiger partial charge on any atom is 0.111 e. The molecule has 1 aliphatic rings. The number of hydrogen-bond acceptors (Lipinski definition) is 6. The molecule has 1 aliphatic carbocycles. The number of rotatable bonds is 1. The molecule has 0 bridgehead atoms. The molecule has 6 atom stereocenters. The van der Waals surface area contributed by atoms with Crippen molar-refractivity contribution in [3.8, 4) is 0 Å². The predicted octanol–water partition coefficient (Wildman–Crippen LogP) is -3.20. The summed E-state index contributed by atoms with van der Waals surface area (Å²) in [6, 6.07) is 0. The van der Waals surface area contributed by atoms with Crippen LogP contribution in [-0.2, 0) is 0 Å². The normalized spacial score (nSPS) is 50.1. The minimum atomic E-state index is -1.60. The van der Waals surface area contributed by atoms with E-state index in [9.17, 15) is 25.5 Å². The van der Waals surface area contributed by atoms with Crippen molar-refractivity contribution in [3.63, 3.8) is 0 Å². The van der Waals surface area contributed by atoms with Crippen LogP contribution >= 0.6 is 0 Å². The first-order valence-electron chi connectivity index (χ1n) is 4.50. The molecule has 14 heavy (non-hydrogen) atoms. The summed E-state index contributed by atoms with van der Waals surface area (Å²) in [6.45, 7) is -0.422. The van der Waals surface area contributed by atoms with Crippen LogP contribution in [0.4, 0.5) is 0 Å². The zero-order valence-electron chi connectivity index (χ0n) is 7.56. The summed E-state index contributed by atoms with van der Waals surface area (Å²) < 4.78 is 0. The van der Waals surface area contributed by atoms with Crippen molar-refractivity contribution >= 4 is 0 Å². The van der Waals surface area contributed by atoms with Gasteiger partial charge in [0.25, 0.3) is 0 Å². The molecular formula is C8H16O6. The van der Waals surface area contributed by atoms with Gasteiger partial charge in [-0.1, -0.05) is 0 Å². The van der Waals surface area contributed by atoms with Crippen LogP contribution in [0, 0.1) is 5.92 Å². The fraction of sp³-hybridized carbons (Fsp3) is 1.00. The van der Waals surface area contributed by atoms with Crippen molar-refractivity contribution in [2.45, 2.75) is 36.9 Å². The van der Waals surface area contributed by atoms with Gasteiger partial charge in [-0.15, -0.1) is 0 Å². The highest BCUT2D eigenvalue weighted by atomic mass is 16.4. The Morgan fingerprint density at radius 1 is 0.786 bits per heavy atom. The van der Waals surface area contributed by atoms with E-state index in [-0.39, 0.29) is 6.42 Å². The summed E-state index contributed by atoms with van der Waals surface area (Å²) in [4.78, 5) is 0. The van der Waals surface area contributed by atoms with E-state index >= 15 is 0 Å².